The van der Waals surface area contributed by atoms with Crippen LogP contribution in [0.2, 0.25) is 0 Å². The van der Waals surface area contributed by atoms with Crippen molar-refractivity contribution in [2.45, 2.75) is 89.4 Å². The van der Waals surface area contributed by atoms with E-state index in [-0.39, 0.29) is 5.92 Å². The van der Waals surface area contributed by atoms with Crippen molar-refractivity contribution in [2.24, 2.45) is 11.8 Å². The normalized spacial score (nSPS) is 22.0. The number of benzene rings is 1. The van der Waals surface area contributed by atoms with Gasteiger partial charge in [-0.2, -0.15) is 0 Å². The Balaban J connectivity index is 1.19. The maximum atomic E-state index is 14.0. The van der Waals surface area contributed by atoms with Gasteiger partial charge in [-0.25, -0.2) is 4.98 Å². The molecule has 0 aliphatic heterocycles. The number of rotatable bonds is 8. The number of aryl methyl sites for hydroxylation is 1. The fraction of sp³-hybridized carbons (Fsp3) is 0.545. The zero-order valence-corrected chi connectivity index (χ0v) is 23.4. The number of pyridine rings is 1. The number of amides is 1. The number of anilines is 1. The van der Waals surface area contributed by atoms with E-state index in [1.165, 1.54) is 25.0 Å². The van der Waals surface area contributed by atoms with Crippen molar-refractivity contribution in [2.75, 3.05) is 18.6 Å². The Hall–Kier alpha value is -3.15. The largest absolute Gasteiger partial charge is 0.495 e. The number of carbonyl (C=O) groups excluding carboxylic acids is 1. The van der Waals surface area contributed by atoms with E-state index >= 15 is 0 Å². The topological polar surface area (TPSA) is 68.5 Å². The van der Waals surface area contributed by atoms with Gasteiger partial charge in [0.15, 0.2) is 5.89 Å². The Morgan fingerprint density at radius 3 is 2.44 bits per heavy atom. The third-order valence-corrected chi connectivity index (χ3v) is 9.11. The first kappa shape index (κ1) is 26.1. The molecule has 39 heavy (non-hydrogen) atoms. The van der Waals surface area contributed by atoms with Gasteiger partial charge >= 0.3 is 0 Å². The van der Waals surface area contributed by atoms with Crippen molar-refractivity contribution in [3.05, 3.63) is 59.9 Å². The fourth-order valence-corrected chi connectivity index (χ4v) is 6.57. The summed E-state index contributed by atoms with van der Waals surface area (Å²) in [5.41, 5.74) is 5.01. The van der Waals surface area contributed by atoms with E-state index in [0.29, 0.717) is 23.7 Å². The van der Waals surface area contributed by atoms with E-state index in [2.05, 4.69) is 35.2 Å². The van der Waals surface area contributed by atoms with Crippen LogP contribution in [-0.2, 0) is 4.79 Å². The maximum Gasteiger partial charge on any atom is 0.230 e. The molecule has 3 saturated carbocycles. The number of hydrogen-bond acceptors (Lipinski definition) is 5. The number of aromatic nitrogens is 2. The van der Waals surface area contributed by atoms with Crippen LogP contribution in [0.4, 0.5) is 5.69 Å². The molecule has 1 amide bonds. The summed E-state index contributed by atoms with van der Waals surface area (Å²) in [4.78, 5) is 25.7. The van der Waals surface area contributed by atoms with Crippen molar-refractivity contribution in [3.63, 3.8) is 0 Å². The second-order valence-corrected chi connectivity index (χ2v) is 11.9. The van der Waals surface area contributed by atoms with E-state index in [1.807, 2.05) is 13.0 Å². The summed E-state index contributed by atoms with van der Waals surface area (Å²) in [6, 6.07) is 12.6. The van der Waals surface area contributed by atoms with Crippen LogP contribution in [0, 0.1) is 18.8 Å². The smallest absolute Gasteiger partial charge is 0.230 e. The predicted molar refractivity (Wildman–Crippen MR) is 153 cm³/mol. The molecule has 2 aromatic heterocycles. The van der Waals surface area contributed by atoms with Crippen molar-refractivity contribution in [3.8, 4) is 17.0 Å². The molecule has 0 atom stereocenters. The second-order valence-electron chi connectivity index (χ2n) is 11.9. The van der Waals surface area contributed by atoms with Crippen LogP contribution in [0.15, 0.2) is 47.1 Å². The van der Waals surface area contributed by atoms with Gasteiger partial charge in [0.2, 0.25) is 5.91 Å². The van der Waals surface area contributed by atoms with E-state index in [4.69, 9.17) is 19.1 Å². The van der Waals surface area contributed by atoms with Gasteiger partial charge in [-0.1, -0.05) is 31.4 Å². The summed E-state index contributed by atoms with van der Waals surface area (Å²) >= 11 is 0. The lowest BCUT2D eigenvalue weighted by atomic mass is 9.79. The first-order valence-corrected chi connectivity index (χ1v) is 15.0. The van der Waals surface area contributed by atoms with Crippen LogP contribution >= 0.6 is 0 Å². The van der Waals surface area contributed by atoms with Crippen molar-refractivity contribution in [1.82, 2.24) is 9.97 Å². The lowest BCUT2D eigenvalue weighted by Gasteiger charge is -2.35. The molecule has 1 aromatic carbocycles. The fourth-order valence-electron chi connectivity index (χ4n) is 6.57. The van der Waals surface area contributed by atoms with Crippen LogP contribution in [0.1, 0.15) is 99.7 Å². The predicted octanol–water partition coefficient (Wildman–Crippen LogP) is 7.82. The molecule has 206 valence electrons. The summed E-state index contributed by atoms with van der Waals surface area (Å²) in [6.07, 6.45) is 14.1. The minimum atomic E-state index is 0.138. The minimum Gasteiger partial charge on any atom is -0.495 e. The highest BCUT2D eigenvalue weighted by molar-refractivity contribution is 5.95. The van der Waals surface area contributed by atoms with Gasteiger partial charge in [0.05, 0.1) is 12.8 Å². The number of carbonyl (C=O) groups is 1. The average molecular weight is 528 g/mol. The van der Waals surface area contributed by atoms with Gasteiger partial charge in [-0.05, 0) is 88.5 Å². The summed E-state index contributed by atoms with van der Waals surface area (Å²) < 4.78 is 11.2. The number of hydrogen-bond donors (Lipinski definition) is 0. The van der Waals surface area contributed by atoms with Gasteiger partial charge < -0.3 is 14.1 Å². The van der Waals surface area contributed by atoms with Crippen LogP contribution < -0.4 is 9.64 Å². The molecule has 0 N–H and O–H groups in total. The number of methoxy groups -OCH3 is 1. The lowest BCUT2D eigenvalue weighted by molar-refractivity contribution is -0.123. The Bertz CT molecular complexity index is 1280. The van der Waals surface area contributed by atoms with Crippen LogP contribution in [0.5, 0.6) is 5.75 Å². The standard InChI is InChI=1S/C33H41N3O3/c1-22-31(38-2)18-17-29(34-22)24-13-11-23(12-14-24)20-36(33(37)26-7-4-3-5-8-26)28-10-6-9-27(19-28)30-21-39-32(35-30)25-15-16-25/h6,9-10,17-19,21,23-26H,3-5,7-8,11-16,20H2,1-2H3. The lowest BCUT2D eigenvalue weighted by Crippen LogP contribution is -2.41. The molecule has 6 rings (SSSR count). The second kappa shape index (κ2) is 11.5. The highest BCUT2D eigenvalue weighted by Crippen LogP contribution is 2.41. The molecule has 2 heterocycles. The molecule has 3 aliphatic carbocycles. The third kappa shape index (κ3) is 5.90. The van der Waals surface area contributed by atoms with Gasteiger partial charge in [-0.15, -0.1) is 0 Å². The van der Waals surface area contributed by atoms with Crippen molar-refractivity contribution in [1.29, 1.82) is 0 Å². The molecule has 3 aliphatic rings. The van der Waals surface area contributed by atoms with Gasteiger partial charge in [0, 0.05) is 41.2 Å². The molecule has 6 nitrogen and oxygen atoms in total. The molecule has 0 saturated heterocycles. The van der Waals surface area contributed by atoms with Crippen LogP contribution in [-0.4, -0.2) is 29.5 Å². The first-order chi connectivity index (χ1) is 19.1. The number of oxazole rings is 1. The molecule has 3 aromatic rings. The first-order valence-electron chi connectivity index (χ1n) is 15.0. The van der Waals surface area contributed by atoms with E-state index in [1.54, 1.807) is 13.4 Å². The zero-order chi connectivity index (χ0) is 26.8. The molecule has 6 heteroatoms. The average Bonchev–Trinajstić information content (AvgIpc) is 3.72. The molecular weight excluding hydrogens is 486 g/mol. The molecule has 0 bridgehead atoms. The van der Waals surface area contributed by atoms with Crippen molar-refractivity contribution < 1.29 is 13.9 Å². The third-order valence-electron chi connectivity index (χ3n) is 9.11. The minimum absolute atomic E-state index is 0.138. The molecule has 3 fully saturated rings. The Morgan fingerprint density at radius 2 is 1.72 bits per heavy atom. The van der Waals surface area contributed by atoms with Gasteiger partial charge in [-0.3, -0.25) is 9.78 Å². The van der Waals surface area contributed by atoms with E-state index in [9.17, 15) is 4.79 Å². The summed E-state index contributed by atoms with van der Waals surface area (Å²) in [6.45, 7) is 2.80. The molecule has 0 unspecified atom stereocenters. The number of nitrogens with zero attached hydrogens (tertiary/aromatic N) is 3. The van der Waals surface area contributed by atoms with Gasteiger partial charge in [0.1, 0.15) is 17.7 Å². The van der Waals surface area contributed by atoms with Crippen molar-refractivity contribution >= 4 is 11.6 Å². The van der Waals surface area contributed by atoms with Crippen LogP contribution in [0.3, 0.4) is 0 Å². The highest BCUT2D eigenvalue weighted by Gasteiger charge is 2.32. The monoisotopic (exact) mass is 527 g/mol. The Kier molecular flexibility index (Phi) is 7.71. The molecule has 0 spiro atoms. The van der Waals surface area contributed by atoms with Gasteiger partial charge in [0.25, 0.3) is 0 Å². The summed E-state index contributed by atoms with van der Waals surface area (Å²) in [5.74, 6) is 3.59. The van der Waals surface area contributed by atoms with Crippen LogP contribution in [0.25, 0.3) is 11.3 Å². The highest BCUT2D eigenvalue weighted by atomic mass is 16.5. The molecular formula is C33H41N3O3. The van der Waals surface area contributed by atoms with E-state index < -0.39 is 0 Å². The Labute approximate surface area is 232 Å². The van der Waals surface area contributed by atoms with E-state index in [0.717, 1.165) is 92.2 Å². The quantitative estimate of drug-likeness (QED) is 0.299. The zero-order valence-electron chi connectivity index (χ0n) is 23.4. The number of ether oxygens (including phenoxy) is 1. The molecule has 0 radical (unpaired) electrons. The summed E-state index contributed by atoms with van der Waals surface area (Å²) in [5, 5.41) is 0. The summed E-state index contributed by atoms with van der Waals surface area (Å²) in [7, 11) is 1.70. The SMILES string of the molecule is COc1ccc(C2CCC(CN(C(=O)C3CCCCC3)c3cccc(-c4coc(C5CC5)n4)c3)CC2)nc1C. The Morgan fingerprint density at radius 1 is 0.949 bits per heavy atom. The maximum absolute atomic E-state index is 14.0.